The molecule has 0 aliphatic heterocycles. The molecule has 0 amide bonds. The topological polar surface area (TPSA) is 65.0 Å². The Bertz CT molecular complexity index is 183. The molecule has 0 aromatic heterocycles. The molecule has 16 heavy (non-hydrogen) atoms. The maximum Gasteiger partial charge on any atom is 0.329 e. The summed E-state index contributed by atoms with van der Waals surface area (Å²) in [6, 6.07) is 0. The van der Waals surface area contributed by atoms with Crippen molar-refractivity contribution in [2.45, 2.75) is 39.4 Å². The Kier molecular flexibility index (Phi) is 9.18. The van der Waals surface area contributed by atoms with Gasteiger partial charge in [-0.3, -0.25) is 0 Å². The Hall–Kier alpha value is -0.650. The van der Waals surface area contributed by atoms with Crippen LogP contribution in [0.25, 0.3) is 0 Å². The molecule has 0 heterocycles. The predicted octanol–water partition coefficient (Wildman–Crippen LogP) is 1.31. The number of carbonyl (C=O) groups is 1. The molecule has 5 nitrogen and oxygen atoms in total. The van der Waals surface area contributed by atoms with Crippen LogP contribution in [0.3, 0.4) is 0 Å². The molecular formula is C11H22O5. The lowest BCUT2D eigenvalue weighted by Gasteiger charge is -2.17. The summed E-state index contributed by atoms with van der Waals surface area (Å²) in [5.41, 5.74) is 0. The van der Waals surface area contributed by atoms with E-state index in [1.54, 1.807) is 6.92 Å². The molecular weight excluding hydrogens is 212 g/mol. The van der Waals surface area contributed by atoms with Crippen molar-refractivity contribution in [3.8, 4) is 0 Å². The first-order valence-corrected chi connectivity index (χ1v) is 5.59. The van der Waals surface area contributed by atoms with Gasteiger partial charge in [0.15, 0.2) is 0 Å². The second-order valence-electron chi connectivity index (χ2n) is 3.73. The SMILES string of the molecule is CCCOCC(C)OCC(C)OCC(=O)O. The molecule has 0 bridgehead atoms. The summed E-state index contributed by atoms with van der Waals surface area (Å²) in [5.74, 6) is -0.967. The Morgan fingerprint density at radius 1 is 1.19 bits per heavy atom. The highest BCUT2D eigenvalue weighted by Crippen LogP contribution is 1.98. The Labute approximate surface area is 96.7 Å². The van der Waals surface area contributed by atoms with E-state index in [4.69, 9.17) is 19.3 Å². The summed E-state index contributed by atoms with van der Waals surface area (Å²) < 4.78 is 15.8. The van der Waals surface area contributed by atoms with Crippen molar-refractivity contribution in [3.05, 3.63) is 0 Å². The third-order valence-corrected chi connectivity index (χ3v) is 1.81. The summed E-state index contributed by atoms with van der Waals surface area (Å²) in [6.07, 6.45) is 0.775. The zero-order valence-electron chi connectivity index (χ0n) is 10.3. The maximum absolute atomic E-state index is 10.2. The largest absolute Gasteiger partial charge is 0.480 e. The van der Waals surface area contributed by atoms with Crippen molar-refractivity contribution in [3.63, 3.8) is 0 Å². The van der Waals surface area contributed by atoms with E-state index in [9.17, 15) is 4.79 Å². The minimum atomic E-state index is -0.967. The first kappa shape index (κ1) is 15.3. The van der Waals surface area contributed by atoms with Crippen molar-refractivity contribution >= 4 is 5.97 Å². The lowest BCUT2D eigenvalue weighted by Crippen LogP contribution is -2.25. The molecule has 0 rings (SSSR count). The average Bonchev–Trinajstić information content (AvgIpc) is 2.24. The van der Waals surface area contributed by atoms with E-state index >= 15 is 0 Å². The van der Waals surface area contributed by atoms with E-state index < -0.39 is 5.97 Å². The highest BCUT2D eigenvalue weighted by molar-refractivity contribution is 5.68. The van der Waals surface area contributed by atoms with Gasteiger partial charge in [-0.1, -0.05) is 6.92 Å². The summed E-state index contributed by atoms with van der Waals surface area (Å²) in [6.45, 7) is 7.13. The molecule has 0 radical (unpaired) electrons. The van der Waals surface area contributed by atoms with Crippen LogP contribution >= 0.6 is 0 Å². The lowest BCUT2D eigenvalue weighted by atomic mass is 10.4. The minimum Gasteiger partial charge on any atom is -0.480 e. The quantitative estimate of drug-likeness (QED) is 0.577. The van der Waals surface area contributed by atoms with Crippen LogP contribution in [0.5, 0.6) is 0 Å². The number of rotatable bonds is 10. The van der Waals surface area contributed by atoms with Gasteiger partial charge in [-0.25, -0.2) is 4.79 Å². The Morgan fingerprint density at radius 3 is 2.38 bits per heavy atom. The van der Waals surface area contributed by atoms with Gasteiger partial charge in [-0.05, 0) is 20.3 Å². The van der Waals surface area contributed by atoms with Gasteiger partial charge in [0, 0.05) is 6.61 Å². The van der Waals surface area contributed by atoms with Gasteiger partial charge >= 0.3 is 5.97 Å². The van der Waals surface area contributed by atoms with E-state index in [-0.39, 0.29) is 18.8 Å². The molecule has 0 fully saturated rings. The number of hydrogen-bond acceptors (Lipinski definition) is 4. The van der Waals surface area contributed by atoms with Crippen molar-refractivity contribution in [1.82, 2.24) is 0 Å². The molecule has 5 heteroatoms. The van der Waals surface area contributed by atoms with Crippen LogP contribution in [0.4, 0.5) is 0 Å². The zero-order chi connectivity index (χ0) is 12.4. The fourth-order valence-electron chi connectivity index (χ4n) is 1.00. The van der Waals surface area contributed by atoms with E-state index in [1.807, 2.05) is 13.8 Å². The van der Waals surface area contributed by atoms with Crippen LogP contribution in [0.15, 0.2) is 0 Å². The van der Waals surface area contributed by atoms with Gasteiger partial charge in [0.25, 0.3) is 0 Å². The van der Waals surface area contributed by atoms with Crippen molar-refractivity contribution in [2.24, 2.45) is 0 Å². The molecule has 2 atom stereocenters. The standard InChI is InChI=1S/C11H22O5/c1-4-5-14-6-9(2)15-7-10(3)16-8-11(12)13/h9-10H,4-8H2,1-3H3,(H,12,13). The normalized spacial score (nSPS) is 14.7. The molecule has 1 N–H and O–H groups in total. The first-order chi connectivity index (χ1) is 7.56. The van der Waals surface area contributed by atoms with Crippen LogP contribution in [0, 0.1) is 0 Å². The van der Waals surface area contributed by atoms with E-state index in [0.717, 1.165) is 13.0 Å². The molecule has 0 saturated heterocycles. The van der Waals surface area contributed by atoms with Crippen LogP contribution in [-0.2, 0) is 19.0 Å². The molecule has 0 aliphatic carbocycles. The van der Waals surface area contributed by atoms with Gasteiger partial charge in [-0.15, -0.1) is 0 Å². The molecule has 0 aliphatic rings. The summed E-state index contributed by atoms with van der Waals surface area (Å²) in [7, 11) is 0. The zero-order valence-corrected chi connectivity index (χ0v) is 10.3. The maximum atomic E-state index is 10.2. The fraction of sp³-hybridized carbons (Fsp3) is 0.909. The van der Waals surface area contributed by atoms with Gasteiger partial charge in [0.2, 0.25) is 0 Å². The third kappa shape index (κ3) is 9.89. The first-order valence-electron chi connectivity index (χ1n) is 5.59. The molecule has 0 aromatic rings. The fourth-order valence-corrected chi connectivity index (χ4v) is 1.00. The predicted molar refractivity (Wildman–Crippen MR) is 59.6 cm³/mol. The number of hydrogen-bond donors (Lipinski definition) is 1. The summed E-state index contributed by atoms with van der Waals surface area (Å²) >= 11 is 0. The molecule has 2 unspecified atom stereocenters. The monoisotopic (exact) mass is 234 g/mol. The van der Waals surface area contributed by atoms with Gasteiger partial charge in [0.05, 0.1) is 25.4 Å². The smallest absolute Gasteiger partial charge is 0.329 e. The van der Waals surface area contributed by atoms with Crippen LogP contribution < -0.4 is 0 Å². The van der Waals surface area contributed by atoms with Crippen molar-refractivity contribution in [2.75, 3.05) is 26.4 Å². The number of aliphatic carboxylic acids is 1. The summed E-state index contributed by atoms with van der Waals surface area (Å²) in [5, 5.41) is 8.40. The molecule has 0 saturated carbocycles. The van der Waals surface area contributed by atoms with Gasteiger partial charge in [-0.2, -0.15) is 0 Å². The number of carboxylic acid groups (broad SMARTS) is 1. The third-order valence-electron chi connectivity index (χ3n) is 1.81. The average molecular weight is 234 g/mol. The van der Waals surface area contributed by atoms with Crippen molar-refractivity contribution < 1.29 is 24.1 Å². The second kappa shape index (κ2) is 9.57. The highest BCUT2D eigenvalue weighted by atomic mass is 16.6. The van der Waals surface area contributed by atoms with E-state index in [1.165, 1.54) is 0 Å². The van der Waals surface area contributed by atoms with E-state index in [0.29, 0.717) is 13.2 Å². The summed E-state index contributed by atoms with van der Waals surface area (Å²) in [4.78, 5) is 10.2. The number of ether oxygens (including phenoxy) is 3. The molecule has 96 valence electrons. The Morgan fingerprint density at radius 2 is 1.81 bits per heavy atom. The highest BCUT2D eigenvalue weighted by Gasteiger charge is 2.08. The van der Waals surface area contributed by atoms with Crippen LogP contribution in [0.2, 0.25) is 0 Å². The van der Waals surface area contributed by atoms with Crippen LogP contribution in [-0.4, -0.2) is 49.7 Å². The second-order valence-corrected chi connectivity index (χ2v) is 3.73. The molecule has 0 aromatic carbocycles. The van der Waals surface area contributed by atoms with E-state index in [2.05, 4.69) is 0 Å². The van der Waals surface area contributed by atoms with Gasteiger partial charge < -0.3 is 19.3 Å². The van der Waals surface area contributed by atoms with Crippen LogP contribution in [0.1, 0.15) is 27.2 Å². The lowest BCUT2D eigenvalue weighted by molar-refractivity contribution is -0.146. The molecule has 0 spiro atoms. The number of carboxylic acids is 1. The Balaban J connectivity index is 3.43. The van der Waals surface area contributed by atoms with Gasteiger partial charge in [0.1, 0.15) is 6.61 Å². The van der Waals surface area contributed by atoms with Crippen molar-refractivity contribution in [1.29, 1.82) is 0 Å². The minimum absolute atomic E-state index is 0.00225.